The molecule has 1 N–H and O–H groups in total. The van der Waals surface area contributed by atoms with Crippen LogP contribution in [0.4, 0.5) is 5.82 Å². The minimum Gasteiger partial charge on any atom is -0.310 e. The van der Waals surface area contributed by atoms with Crippen LogP contribution in [0, 0.1) is 0 Å². The van der Waals surface area contributed by atoms with Crippen molar-refractivity contribution in [3.05, 3.63) is 12.3 Å². The van der Waals surface area contributed by atoms with Gasteiger partial charge in [0.2, 0.25) is 5.91 Å². The number of rotatable bonds is 5. The molecule has 1 atom stereocenters. The SMILES string of the molecule is CC(C)n1nccc1NC(=O)[C@@H](C)SC1CCCCC1. The van der Waals surface area contributed by atoms with E-state index < -0.39 is 0 Å². The Morgan fingerprint density at radius 3 is 2.70 bits per heavy atom. The average molecular weight is 295 g/mol. The zero-order chi connectivity index (χ0) is 14.5. The minimum absolute atomic E-state index is 0.00591. The van der Waals surface area contributed by atoms with Gasteiger partial charge in [-0.3, -0.25) is 4.79 Å². The van der Waals surface area contributed by atoms with E-state index in [-0.39, 0.29) is 17.2 Å². The fraction of sp³-hybridized carbons (Fsp3) is 0.733. The molecule has 1 amide bonds. The highest BCUT2D eigenvalue weighted by Gasteiger charge is 2.22. The van der Waals surface area contributed by atoms with Crippen LogP contribution < -0.4 is 5.32 Å². The Hall–Kier alpha value is -0.970. The molecule has 1 heterocycles. The zero-order valence-electron chi connectivity index (χ0n) is 12.6. The fourth-order valence-electron chi connectivity index (χ4n) is 2.60. The molecule has 1 aliphatic carbocycles. The molecule has 1 aliphatic rings. The number of carbonyl (C=O) groups is 1. The number of carbonyl (C=O) groups excluding carboxylic acids is 1. The van der Waals surface area contributed by atoms with Gasteiger partial charge in [0.1, 0.15) is 5.82 Å². The standard InChI is InChI=1S/C15H25N3OS/c1-11(2)18-14(9-10-16-18)17-15(19)12(3)20-13-7-5-4-6-8-13/h9-13H,4-8H2,1-3H3,(H,17,19)/t12-/m1/s1. The van der Waals surface area contributed by atoms with Crippen LogP contribution in [0.2, 0.25) is 0 Å². The number of nitrogens with zero attached hydrogens (tertiary/aromatic N) is 2. The maximum Gasteiger partial charge on any atom is 0.238 e. The topological polar surface area (TPSA) is 46.9 Å². The first-order valence-electron chi connectivity index (χ1n) is 7.57. The Morgan fingerprint density at radius 1 is 1.35 bits per heavy atom. The molecule has 5 heteroatoms. The van der Waals surface area contributed by atoms with E-state index in [1.807, 2.05) is 29.4 Å². The largest absolute Gasteiger partial charge is 0.310 e. The molecular weight excluding hydrogens is 270 g/mol. The molecule has 2 rings (SSSR count). The molecule has 0 aliphatic heterocycles. The lowest BCUT2D eigenvalue weighted by atomic mass is 10.0. The molecule has 4 nitrogen and oxygen atoms in total. The number of hydrogen-bond acceptors (Lipinski definition) is 3. The Kier molecular flexibility index (Phi) is 5.52. The molecule has 20 heavy (non-hydrogen) atoms. The molecule has 1 saturated carbocycles. The van der Waals surface area contributed by atoms with Gasteiger partial charge in [-0.1, -0.05) is 19.3 Å². The van der Waals surface area contributed by atoms with Gasteiger partial charge in [-0.2, -0.15) is 5.10 Å². The van der Waals surface area contributed by atoms with Gasteiger partial charge in [-0.05, 0) is 33.6 Å². The molecule has 1 aromatic rings. The molecular formula is C15H25N3OS. The fourth-order valence-corrected chi connectivity index (χ4v) is 3.97. The monoisotopic (exact) mass is 295 g/mol. The van der Waals surface area contributed by atoms with Gasteiger partial charge in [0.15, 0.2) is 0 Å². The summed E-state index contributed by atoms with van der Waals surface area (Å²) < 4.78 is 1.84. The van der Waals surface area contributed by atoms with E-state index in [0.717, 1.165) is 5.82 Å². The summed E-state index contributed by atoms with van der Waals surface area (Å²) in [7, 11) is 0. The van der Waals surface area contributed by atoms with Crippen molar-refractivity contribution in [2.24, 2.45) is 0 Å². The quantitative estimate of drug-likeness (QED) is 0.897. The Labute approximate surface area is 125 Å². The van der Waals surface area contributed by atoms with Gasteiger partial charge in [0.05, 0.1) is 11.4 Å². The molecule has 0 spiro atoms. The molecule has 1 aromatic heterocycles. The highest BCUT2D eigenvalue weighted by atomic mass is 32.2. The van der Waals surface area contributed by atoms with Gasteiger partial charge in [-0.25, -0.2) is 4.68 Å². The first-order chi connectivity index (χ1) is 9.58. The van der Waals surface area contributed by atoms with Crippen LogP contribution in [0.25, 0.3) is 0 Å². The third-order valence-corrected chi connectivity index (χ3v) is 5.21. The maximum absolute atomic E-state index is 12.3. The first kappa shape index (κ1) is 15.4. The van der Waals surface area contributed by atoms with Gasteiger partial charge in [-0.15, -0.1) is 11.8 Å². The van der Waals surface area contributed by atoms with Crippen molar-refractivity contribution in [2.75, 3.05) is 5.32 Å². The number of nitrogens with one attached hydrogen (secondary N) is 1. The summed E-state index contributed by atoms with van der Waals surface area (Å²) in [5.41, 5.74) is 0. The lowest BCUT2D eigenvalue weighted by Gasteiger charge is -2.24. The lowest BCUT2D eigenvalue weighted by Crippen LogP contribution is -2.27. The molecule has 0 saturated heterocycles. The van der Waals surface area contributed by atoms with Gasteiger partial charge >= 0.3 is 0 Å². The van der Waals surface area contributed by atoms with Crippen molar-refractivity contribution in [3.63, 3.8) is 0 Å². The van der Waals surface area contributed by atoms with E-state index in [4.69, 9.17) is 0 Å². The van der Waals surface area contributed by atoms with E-state index in [1.54, 1.807) is 6.20 Å². The van der Waals surface area contributed by atoms with Crippen molar-refractivity contribution >= 4 is 23.5 Å². The van der Waals surface area contributed by atoms with Crippen molar-refractivity contribution in [2.45, 2.75) is 69.4 Å². The molecule has 1 fully saturated rings. The number of thioether (sulfide) groups is 1. The summed E-state index contributed by atoms with van der Waals surface area (Å²) in [6, 6.07) is 2.11. The van der Waals surface area contributed by atoms with Crippen LogP contribution in [-0.4, -0.2) is 26.2 Å². The van der Waals surface area contributed by atoms with E-state index in [0.29, 0.717) is 5.25 Å². The van der Waals surface area contributed by atoms with E-state index in [1.165, 1.54) is 32.1 Å². The maximum atomic E-state index is 12.3. The number of anilines is 1. The van der Waals surface area contributed by atoms with Crippen molar-refractivity contribution in [1.29, 1.82) is 0 Å². The van der Waals surface area contributed by atoms with Gasteiger partial charge < -0.3 is 5.32 Å². The second-order valence-electron chi connectivity index (χ2n) is 5.78. The predicted molar refractivity (Wildman–Crippen MR) is 85.2 cm³/mol. The zero-order valence-corrected chi connectivity index (χ0v) is 13.4. The first-order valence-corrected chi connectivity index (χ1v) is 8.52. The molecule has 0 radical (unpaired) electrons. The highest BCUT2D eigenvalue weighted by molar-refractivity contribution is 8.01. The van der Waals surface area contributed by atoms with Gasteiger partial charge in [0.25, 0.3) is 0 Å². The third kappa shape index (κ3) is 4.01. The molecule has 112 valence electrons. The van der Waals surface area contributed by atoms with E-state index >= 15 is 0 Å². The summed E-state index contributed by atoms with van der Waals surface area (Å²) >= 11 is 1.82. The molecule has 0 unspecified atom stereocenters. The smallest absolute Gasteiger partial charge is 0.238 e. The molecule has 0 aromatic carbocycles. The lowest BCUT2D eigenvalue weighted by molar-refractivity contribution is -0.115. The average Bonchev–Trinajstić information content (AvgIpc) is 2.88. The summed E-state index contributed by atoms with van der Waals surface area (Å²) in [6.45, 7) is 6.12. The van der Waals surface area contributed by atoms with Crippen LogP contribution in [0.15, 0.2) is 12.3 Å². The van der Waals surface area contributed by atoms with E-state index in [9.17, 15) is 4.79 Å². The van der Waals surface area contributed by atoms with Crippen molar-refractivity contribution in [3.8, 4) is 0 Å². The summed E-state index contributed by atoms with van der Waals surface area (Å²) in [5.74, 6) is 0.879. The minimum atomic E-state index is -0.00591. The van der Waals surface area contributed by atoms with Crippen LogP contribution in [0.5, 0.6) is 0 Å². The second-order valence-corrected chi connectivity index (χ2v) is 7.43. The third-order valence-electron chi connectivity index (χ3n) is 3.73. The number of hydrogen-bond donors (Lipinski definition) is 1. The Morgan fingerprint density at radius 2 is 2.05 bits per heavy atom. The summed E-state index contributed by atoms with van der Waals surface area (Å²) in [5, 5.41) is 7.89. The predicted octanol–water partition coefficient (Wildman–Crippen LogP) is 3.86. The summed E-state index contributed by atoms with van der Waals surface area (Å²) in [4.78, 5) is 12.3. The number of aromatic nitrogens is 2. The van der Waals surface area contributed by atoms with Crippen LogP contribution in [0.1, 0.15) is 58.9 Å². The van der Waals surface area contributed by atoms with Crippen LogP contribution >= 0.6 is 11.8 Å². The summed E-state index contributed by atoms with van der Waals surface area (Å²) in [6.07, 6.45) is 8.22. The molecule has 0 bridgehead atoms. The van der Waals surface area contributed by atoms with Crippen LogP contribution in [0.3, 0.4) is 0 Å². The van der Waals surface area contributed by atoms with E-state index in [2.05, 4.69) is 24.3 Å². The Balaban J connectivity index is 1.88. The Bertz CT molecular complexity index is 438. The second kappa shape index (κ2) is 7.16. The van der Waals surface area contributed by atoms with Crippen molar-refractivity contribution in [1.82, 2.24) is 9.78 Å². The normalized spacial score (nSPS) is 18.2. The van der Waals surface area contributed by atoms with Gasteiger partial charge in [0, 0.05) is 17.4 Å². The van der Waals surface area contributed by atoms with Crippen molar-refractivity contribution < 1.29 is 4.79 Å². The van der Waals surface area contributed by atoms with Crippen LogP contribution in [-0.2, 0) is 4.79 Å². The number of amides is 1. The highest BCUT2D eigenvalue weighted by Crippen LogP contribution is 2.31.